The highest BCUT2D eigenvalue weighted by Crippen LogP contribution is 2.38. The maximum Gasteiger partial charge on any atom is 0.254 e. The van der Waals surface area contributed by atoms with Crippen molar-refractivity contribution in [2.24, 2.45) is 0 Å². The minimum absolute atomic E-state index is 0.0286. The molecule has 0 saturated carbocycles. The van der Waals surface area contributed by atoms with Crippen LogP contribution in [0.15, 0.2) is 47.0 Å². The number of carbonyl (C=O) groups excluding carboxylic acids is 1. The zero-order chi connectivity index (χ0) is 21.5. The van der Waals surface area contributed by atoms with Crippen molar-refractivity contribution in [1.82, 2.24) is 15.5 Å². The van der Waals surface area contributed by atoms with Gasteiger partial charge in [-0.25, -0.2) is 0 Å². The minimum Gasteiger partial charge on any atom is -0.494 e. The third-order valence-electron chi connectivity index (χ3n) is 5.77. The SMILES string of the molecule is COc1cc(C(=O)c2c(O)[nH]c3cc(Cl)c(-c4ccc(C5CCNC5)cc4)cc23)on1. The maximum atomic E-state index is 13.0. The summed E-state index contributed by atoms with van der Waals surface area (Å²) in [6.45, 7) is 2.03. The number of fused-ring (bicyclic) bond motifs is 1. The van der Waals surface area contributed by atoms with E-state index < -0.39 is 5.78 Å². The lowest BCUT2D eigenvalue weighted by atomic mass is 9.95. The first-order chi connectivity index (χ1) is 15.0. The Morgan fingerprint density at radius 3 is 2.74 bits per heavy atom. The van der Waals surface area contributed by atoms with Gasteiger partial charge in [0.25, 0.3) is 5.88 Å². The van der Waals surface area contributed by atoms with E-state index >= 15 is 0 Å². The molecule has 8 heteroatoms. The number of hydrogen-bond donors (Lipinski definition) is 3. The van der Waals surface area contributed by atoms with Gasteiger partial charge in [0.2, 0.25) is 17.4 Å². The molecule has 0 spiro atoms. The summed E-state index contributed by atoms with van der Waals surface area (Å²) >= 11 is 6.54. The quantitative estimate of drug-likeness (QED) is 0.397. The number of carbonyl (C=O) groups is 1. The number of H-pyrrole nitrogens is 1. The number of benzene rings is 2. The molecule has 0 radical (unpaired) electrons. The van der Waals surface area contributed by atoms with Gasteiger partial charge in [0.1, 0.15) is 0 Å². The molecule has 31 heavy (non-hydrogen) atoms. The molecule has 1 aliphatic rings. The maximum absolute atomic E-state index is 13.0. The Morgan fingerprint density at radius 1 is 1.26 bits per heavy atom. The van der Waals surface area contributed by atoms with Crippen molar-refractivity contribution in [3.8, 4) is 22.9 Å². The number of aromatic hydroxyl groups is 1. The first-order valence-electron chi connectivity index (χ1n) is 9.96. The van der Waals surface area contributed by atoms with Gasteiger partial charge in [0.05, 0.1) is 29.3 Å². The predicted octanol–water partition coefficient (Wildman–Crippen LogP) is 4.50. The highest BCUT2D eigenvalue weighted by Gasteiger charge is 2.25. The van der Waals surface area contributed by atoms with Crippen LogP contribution in [-0.4, -0.2) is 41.2 Å². The van der Waals surface area contributed by atoms with E-state index in [0.717, 1.165) is 30.6 Å². The van der Waals surface area contributed by atoms with E-state index in [0.29, 0.717) is 21.8 Å². The summed E-state index contributed by atoms with van der Waals surface area (Å²) in [6, 6.07) is 13.2. The largest absolute Gasteiger partial charge is 0.494 e. The molecule has 1 unspecified atom stereocenters. The van der Waals surface area contributed by atoms with Crippen molar-refractivity contribution in [2.45, 2.75) is 12.3 Å². The number of ether oxygens (including phenoxy) is 1. The van der Waals surface area contributed by atoms with Gasteiger partial charge in [-0.05, 0) is 47.3 Å². The van der Waals surface area contributed by atoms with Crippen LogP contribution in [0.25, 0.3) is 22.0 Å². The van der Waals surface area contributed by atoms with Crippen LogP contribution in [0.4, 0.5) is 0 Å². The van der Waals surface area contributed by atoms with E-state index in [9.17, 15) is 9.90 Å². The van der Waals surface area contributed by atoms with Crippen molar-refractivity contribution < 1.29 is 19.2 Å². The monoisotopic (exact) mass is 437 g/mol. The average molecular weight is 438 g/mol. The zero-order valence-electron chi connectivity index (χ0n) is 16.7. The Hall–Kier alpha value is -3.29. The van der Waals surface area contributed by atoms with Crippen LogP contribution in [0.2, 0.25) is 5.02 Å². The van der Waals surface area contributed by atoms with Crippen molar-refractivity contribution in [1.29, 1.82) is 0 Å². The number of halogens is 1. The lowest BCUT2D eigenvalue weighted by molar-refractivity contribution is 0.0999. The van der Waals surface area contributed by atoms with Gasteiger partial charge in [0, 0.05) is 17.5 Å². The molecular formula is C23H20ClN3O4. The van der Waals surface area contributed by atoms with Gasteiger partial charge in [-0.1, -0.05) is 35.9 Å². The molecule has 1 aliphatic heterocycles. The molecule has 0 amide bonds. The summed E-state index contributed by atoms with van der Waals surface area (Å²) in [6.07, 6.45) is 1.13. The predicted molar refractivity (Wildman–Crippen MR) is 117 cm³/mol. The fraction of sp³-hybridized carbons (Fsp3) is 0.217. The summed E-state index contributed by atoms with van der Waals surface area (Å²) in [5.41, 5.74) is 3.64. The summed E-state index contributed by atoms with van der Waals surface area (Å²) in [5.74, 6) is -0.0793. The second-order valence-corrected chi connectivity index (χ2v) is 8.01. The smallest absolute Gasteiger partial charge is 0.254 e. The van der Waals surface area contributed by atoms with Crippen LogP contribution in [0.5, 0.6) is 11.8 Å². The molecule has 0 aliphatic carbocycles. The highest BCUT2D eigenvalue weighted by atomic mass is 35.5. The lowest BCUT2D eigenvalue weighted by Crippen LogP contribution is -2.07. The first-order valence-corrected chi connectivity index (χ1v) is 10.3. The molecule has 3 N–H and O–H groups in total. The van der Waals surface area contributed by atoms with Gasteiger partial charge in [0.15, 0.2) is 0 Å². The molecule has 4 aromatic rings. The molecule has 5 rings (SSSR count). The van der Waals surface area contributed by atoms with Crippen molar-refractivity contribution in [2.75, 3.05) is 20.2 Å². The topological polar surface area (TPSA) is 100 Å². The summed E-state index contributed by atoms with van der Waals surface area (Å²) in [4.78, 5) is 15.8. The molecule has 1 saturated heterocycles. The third kappa shape index (κ3) is 3.45. The van der Waals surface area contributed by atoms with Crippen LogP contribution in [-0.2, 0) is 0 Å². The summed E-state index contributed by atoms with van der Waals surface area (Å²) in [7, 11) is 1.43. The third-order valence-corrected chi connectivity index (χ3v) is 6.08. The molecule has 3 heterocycles. The number of aromatic amines is 1. The van der Waals surface area contributed by atoms with Gasteiger partial charge < -0.3 is 24.7 Å². The normalized spacial score (nSPS) is 16.1. The van der Waals surface area contributed by atoms with E-state index in [-0.39, 0.29) is 23.1 Å². The molecular weight excluding hydrogens is 418 g/mol. The van der Waals surface area contributed by atoms with Crippen LogP contribution >= 0.6 is 11.6 Å². The molecule has 0 bridgehead atoms. The van der Waals surface area contributed by atoms with Crippen molar-refractivity contribution in [3.63, 3.8) is 0 Å². The van der Waals surface area contributed by atoms with Gasteiger partial charge in [-0.15, -0.1) is 0 Å². The second kappa shape index (κ2) is 7.76. The Labute approximate surface area is 183 Å². The number of ketones is 1. The Kier molecular flexibility index (Phi) is 4.92. The number of rotatable bonds is 5. The number of nitrogens with zero attached hydrogens (tertiary/aromatic N) is 1. The number of aromatic nitrogens is 2. The van der Waals surface area contributed by atoms with Crippen LogP contribution in [0, 0.1) is 0 Å². The first kappa shape index (κ1) is 19.7. The zero-order valence-corrected chi connectivity index (χ0v) is 17.5. The van der Waals surface area contributed by atoms with E-state index in [1.54, 1.807) is 12.1 Å². The standard InChI is InChI=1S/C23H20ClN3O4/c1-30-20-10-19(31-27-20)22(28)21-16-8-15(17(24)9-18(16)26-23(21)29)13-4-2-12(3-5-13)14-6-7-25-11-14/h2-5,8-10,14,25-26,29H,6-7,11H2,1H3. The molecule has 2 aromatic carbocycles. The van der Waals surface area contributed by atoms with Crippen molar-refractivity contribution >= 4 is 28.3 Å². The van der Waals surface area contributed by atoms with Crippen LogP contribution < -0.4 is 10.1 Å². The van der Waals surface area contributed by atoms with E-state index in [2.05, 4.69) is 27.6 Å². The Morgan fingerprint density at radius 2 is 2.06 bits per heavy atom. The molecule has 1 fully saturated rings. The van der Waals surface area contributed by atoms with E-state index in [1.165, 1.54) is 18.7 Å². The summed E-state index contributed by atoms with van der Waals surface area (Å²) < 4.78 is 10.0. The van der Waals surface area contributed by atoms with Gasteiger partial charge >= 0.3 is 0 Å². The lowest BCUT2D eigenvalue weighted by Gasteiger charge is -2.11. The molecule has 1 atom stereocenters. The van der Waals surface area contributed by atoms with Crippen molar-refractivity contribution in [3.05, 3.63) is 64.4 Å². The highest BCUT2D eigenvalue weighted by molar-refractivity contribution is 6.34. The molecule has 2 aromatic heterocycles. The number of nitrogens with one attached hydrogen (secondary N) is 2. The number of hydrogen-bond acceptors (Lipinski definition) is 6. The fourth-order valence-electron chi connectivity index (χ4n) is 4.11. The second-order valence-electron chi connectivity index (χ2n) is 7.60. The summed E-state index contributed by atoms with van der Waals surface area (Å²) in [5, 5.41) is 18.5. The molecule has 158 valence electrons. The average Bonchev–Trinajstić information content (AvgIpc) is 3.52. The van der Waals surface area contributed by atoms with Gasteiger partial charge in [-0.2, -0.15) is 0 Å². The van der Waals surface area contributed by atoms with Crippen LogP contribution in [0.1, 0.15) is 34.0 Å². The Balaban J connectivity index is 1.56. The molecule has 7 nitrogen and oxygen atoms in total. The van der Waals surface area contributed by atoms with Crippen LogP contribution in [0.3, 0.4) is 0 Å². The van der Waals surface area contributed by atoms with Gasteiger partial charge in [-0.3, -0.25) is 4.79 Å². The minimum atomic E-state index is -0.503. The fourth-order valence-corrected chi connectivity index (χ4v) is 4.38. The Bertz CT molecular complexity index is 1270. The van der Waals surface area contributed by atoms with E-state index in [4.69, 9.17) is 20.9 Å². The number of methoxy groups -OCH3 is 1. The van der Waals surface area contributed by atoms with E-state index in [1.807, 2.05) is 12.1 Å².